The summed E-state index contributed by atoms with van der Waals surface area (Å²) < 4.78 is 34.1. The standard InChI is InChI=1S/C32H49NO18/c1-12-18(33-15-7-14(8-34)19(37)22(40)20(15)38)21(39)25(43)31(47-12)50-29-17(10-36)49-32(27(45)24(29)42)51-28-16(9-35)48-30(26(44)23(28)41)46-11-13-5-3-2-4-6-13/h2-7,12,15-45H,8-11H2,1H3. The predicted octanol–water partition coefficient (Wildman–Crippen LogP) is -6.34. The molecule has 0 radical (unpaired) electrons. The molecule has 1 aromatic carbocycles. The third-order valence-corrected chi connectivity index (χ3v) is 9.71. The lowest BCUT2D eigenvalue weighted by Crippen LogP contribution is -2.68. The van der Waals surface area contributed by atoms with E-state index >= 15 is 0 Å². The highest BCUT2D eigenvalue weighted by atomic mass is 16.8. The SMILES string of the molecule is CC1OC(OC2C(CO)OC(OC3C(CO)OC(OCc4ccccc4)C(O)C3O)C(O)C2O)C(O)C(O)C1NC1C=C(CO)C(O)C(O)C1O. The van der Waals surface area contributed by atoms with Gasteiger partial charge in [0.15, 0.2) is 18.9 Å². The lowest BCUT2D eigenvalue weighted by molar-refractivity contribution is -0.376. The Balaban J connectivity index is 1.20. The van der Waals surface area contributed by atoms with Crippen LogP contribution in [0.1, 0.15) is 12.5 Å². The number of hydrogen-bond donors (Lipinski definition) is 13. The van der Waals surface area contributed by atoms with Crippen LogP contribution in [0.15, 0.2) is 42.0 Å². The van der Waals surface area contributed by atoms with E-state index in [0.29, 0.717) is 0 Å². The van der Waals surface area contributed by atoms with Crippen LogP contribution >= 0.6 is 0 Å². The summed E-state index contributed by atoms with van der Waals surface area (Å²) in [6.07, 6.45) is -25.7. The van der Waals surface area contributed by atoms with Crippen molar-refractivity contribution in [3.63, 3.8) is 0 Å². The fourth-order valence-corrected chi connectivity index (χ4v) is 6.69. The van der Waals surface area contributed by atoms with Crippen molar-refractivity contribution in [3.05, 3.63) is 47.5 Å². The topological polar surface area (TPSA) is 310 Å². The summed E-state index contributed by atoms with van der Waals surface area (Å²) >= 11 is 0. The van der Waals surface area contributed by atoms with Crippen LogP contribution in [-0.4, -0.2) is 198 Å². The van der Waals surface area contributed by atoms with E-state index in [1.54, 1.807) is 24.3 Å². The Hall–Kier alpha value is -1.80. The molecule has 4 aliphatic rings. The number of benzene rings is 1. The van der Waals surface area contributed by atoms with Gasteiger partial charge in [0.1, 0.15) is 79.4 Å². The van der Waals surface area contributed by atoms with Gasteiger partial charge in [0.05, 0.1) is 44.6 Å². The molecule has 0 bridgehead atoms. The zero-order valence-electron chi connectivity index (χ0n) is 27.6. The largest absolute Gasteiger partial charge is 0.394 e. The molecule has 3 heterocycles. The normalized spacial score (nSPS) is 46.5. The molecule has 13 N–H and O–H groups in total. The van der Waals surface area contributed by atoms with Crippen LogP contribution < -0.4 is 5.32 Å². The Kier molecular flexibility index (Phi) is 13.9. The number of hydrogen-bond acceptors (Lipinski definition) is 19. The van der Waals surface area contributed by atoms with Gasteiger partial charge in [-0.15, -0.1) is 0 Å². The van der Waals surface area contributed by atoms with Gasteiger partial charge >= 0.3 is 0 Å². The fraction of sp³-hybridized carbons (Fsp3) is 0.750. The first kappa shape index (κ1) is 40.4. The molecule has 19 heteroatoms. The molecule has 3 aliphatic heterocycles. The van der Waals surface area contributed by atoms with Crippen molar-refractivity contribution in [3.8, 4) is 0 Å². The number of nitrogens with one attached hydrogen (secondary N) is 1. The summed E-state index contributed by atoms with van der Waals surface area (Å²) in [7, 11) is 0. The van der Waals surface area contributed by atoms with E-state index in [4.69, 9.17) is 28.4 Å². The van der Waals surface area contributed by atoms with Crippen LogP contribution in [-0.2, 0) is 35.0 Å². The van der Waals surface area contributed by atoms with Crippen LogP contribution in [0.2, 0.25) is 0 Å². The molecule has 51 heavy (non-hydrogen) atoms. The first-order chi connectivity index (χ1) is 24.3. The smallest absolute Gasteiger partial charge is 0.187 e. The van der Waals surface area contributed by atoms with Crippen molar-refractivity contribution in [1.82, 2.24) is 5.32 Å². The second kappa shape index (κ2) is 17.6. The number of aliphatic hydroxyl groups excluding tert-OH is 12. The lowest BCUT2D eigenvalue weighted by Gasteiger charge is -2.49. The van der Waals surface area contributed by atoms with Crippen LogP contribution in [0.5, 0.6) is 0 Å². The second-order valence-corrected chi connectivity index (χ2v) is 13.1. The Morgan fingerprint density at radius 1 is 0.627 bits per heavy atom. The summed E-state index contributed by atoms with van der Waals surface area (Å²) in [5.74, 6) is 0. The first-order valence-corrected chi connectivity index (χ1v) is 16.7. The quantitative estimate of drug-likeness (QED) is 0.0888. The molecule has 1 aliphatic carbocycles. The van der Waals surface area contributed by atoms with Crippen molar-refractivity contribution in [2.24, 2.45) is 0 Å². The van der Waals surface area contributed by atoms with Crippen LogP contribution in [0.25, 0.3) is 0 Å². The average molecular weight is 736 g/mol. The Bertz CT molecular complexity index is 1260. The van der Waals surface area contributed by atoms with E-state index in [1.165, 1.54) is 13.0 Å². The van der Waals surface area contributed by atoms with Gasteiger partial charge in [-0.3, -0.25) is 0 Å². The Morgan fingerprint density at radius 2 is 1.16 bits per heavy atom. The van der Waals surface area contributed by atoms with Crippen molar-refractivity contribution >= 4 is 0 Å². The maximum atomic E-state index is 11.1. The van der Waals surface area contributed by atoms with E-state index in [1.807, 2.05) is 6.07 Å². The minimum Gasteiger partial charge on any atom is -0.394 e. The van der Waals surface area contributed by atoms with E-state index in [9.17, 15) is 61.3 Å². The van der Waals surface area contributed by atoms with Crippen LogP contribution in [0, 0.1) is 0 Å². The molecular weight excluding hydrogens is 686 g/mol. The first-order valence-electron chi connectivity index (χ1n) is 16.7. The minimum atomic E-state index is -1.92. The molecule has 290 valence electrons. The maximum Gasteiger partial charge on any atom is 0.187 e. The minimum absolute atomic E-state index is 0.0170. The molecule has 19 nitrogen and oxygen atoms in total. The third-order valence-electron chi connectivity index (χ3n) is 9.71. The van der Waals surface area contributed by atoms with Crippen LogP contribution in [0.4, 0.5) is 0 Å². The van der Waals surface area contributed by atoms with E-state index in [0.717, 1.165) is 5.56 Å². The monoisotopic (exact) mass is 735 g/mol. The molecule has 1 aromatic rings. The Morgan fingerprint density at radius 3 is 1.73 bits per heavy atom. The van der Waals surface area contributed by atoms with Crippen molar-refractivity contribution < 1.29 is 89.7 Å². The predicted molar refractivity (Wildman–Crippen MR) is 167 cm³/mol. The molecule has 0 amide bonds. The summed E-state index contributed by atoms with van der Waals surface area (Å²) in [5, 5.41) is 129. The van der Waals surface area contributed by atoms with Crippen molar-refractivity contribution in [2.45, 2.75) is 130 Å². The highest BCUT2D eigenvalue weighted by Crippen LogP contribution is 2.33. The van der Waals surface area contributed by atoms with Gasteiger partial charge < -0.3 is 95.0 Å². The van der Waals surface area contributed by atoms with Gasteiger partial charge in [0, 0.05) is 0 Å². The molecule has 0 saturated carbocycles. The molecular formula is C32H49NO18. The average Bonchev–Trinajstić information content (AvgIpc) is 3.13. The zero-order valence-corrected chi connectivity index (χ0v) is 27.6. The number of ether oxygens (including phenoxy) is 6. The van der Waals surface area contributed by atoms with Gasteiger partial charge in [-0.25, -0.2) is 0 Å². The maximum absolute atomic E-state index is 11.1. The summed E-state index contributed by atoms with van der Waals surface area (Å²) in [5.41, 5.74) is 0.780. The number of rotatable bonds is 12. The number of aliphatic hydroxyl groups is 12. The molecule has 0 spiro atoms. The van der Waals surface area contributed by atoms with Gasteiger partial charge in [-0.1, -0.05) is 36.4 Å². The molecule has 3 fully saturated rings. The van der Waals surface area contributed by atoms with Crippen molar-refractivity contribution in [1.29, 1.82) is 0 Å². The van der Waals surface area contributed by atoms with E-state index < -0.39 is 136 Å². The third kappa shape index (κ3) is 8.63. The summed E-state index contributed by atoms with van der Waals surface area (Å²) in [6.45, 7) is -0.646. The lowest BCUT2D eigenvalue weighted by atomic mass is 9.86. The van der Waals surface area contributed by atoms with E-state index in [2.05, 4.69) is 5.32 Å². The highest BCUT2D eigenvalue weighted by molar-refractivity contribution is 5.22. The fourth-order valence-electron chi connectivity index (χ4n) is 6.69. The summed E-state index contributed by atoms with van der Waals surface area (Å²) in [6, 6.07) is 6.76. The zero-order chi connectivity index (χ0) is 37.1. The molecule has 19 unspecified atom stereocenters. The highest BCUT2D eigenvalue weighted by Gasteiger charge is 2.54. The van der Waals surface area contributed by atoms with Crippen LogP contribution in [0.3, 0.4) is 0 Å². The van der Waals surface area contributed by atoms with Crippen molar-refractivity contribution in [2.75, 3.05) is 19.8 Å². The van der Waals surface area contributed by atoms with Gasteiger partial charge in [0.2, 0.25) is 0 Å². The molecule has 3 saturated heterocycles. The molecule has 19 atom stereocenters. The molecule has 0 aromatic heterocycles. The van der Waals surface area contributed by atoms with Gasteiger partial charge in [-0.05, 0) is 18.1 Å². The Labute approximate surface area is 292 Å². The van der Waals surface area contributed by atoms with E-state index in [-0.39, 0.29) is 12.2 Å². The summed E-state index contributed by atoms with van der Waals surface area (Å²) in [4.78, 5) is 0. The molecule has 5 rings (SSSR count). The second-order valence-electron chi connectivity index (χ2n) is 13.1. The van der Waals surface area contributed by atoms with Gasteiger partial charge in [0.25, 0.3) is 0 Å². The van der Waals surface area contributed by atoms with Gasteiger partial charge in [-0.2, -0.15) is 0 Å².